The minimum atomic E-state index is -1.12. The van der Waals surface area contributed by atoms with Crippen molar-refractivity contribution in [3.8, 4) is 0 Å². The number of rotatable bonds is 5. The van der Waals surface area contributed by atoms with Gasteiger partial charge in [0.25, 0.3) is 0 Å². The van der Waals surface area contributed by atoms with Crippen LogP contribution in [0.15, 0.2) is 63.8 Å². The highest BCUT2D eigenvalue weighted by atomic mass is 16.6. The number of aliphatic hydroxyl groups is 1. The molecule has 0 radical (unpaired) electrons. The van der Waals surface area contributed by atoms with Crippen LogP contribution >= 0.6 is 0 Å². The molecule has 0 amide bonds. The van der Waals surface area contributed by atoms with E-state index >= 15 is 4.79 Å². The maximum Gasteiger partial charge on any atom is 0.339 e. The van der Waals surface area contributed by atoms with E-state index < -0.39 is 16.4 Å². The van der Waals surface area contributed by atoms with Crippen molar-refractivity contribution >= 4 is 11.9 Å². The van der Waals surface area contributed by atoms with Crippen molar-refractivity contribution in [2.24, 2.45) is 63.9 Å². The average molecular weight is 826 g/mol. The SMILES string of the molecule is C[C@H]1CCC2=C[C@H]3[C@H]4C5=C2[C@]26C(=O)O/C(=C(/O)C[C@H](CC7CCCCC7)N7C[C@H]8C[C@@H](C7)[C@@H]7CCC(=C4N7C8)C[C@@H]3C)[C@@]2(CC5)[C@]2(OC(=O)c3c(CCCN)cccc32)[C@H]6C1. The van der Waals surface area contributed by atoms with E-state index in [1.54, 1.807) is 11.3 Å². The molecule has 61 heavy (non-hydrogen) atoms. The largest absolute Gasteiger partial charge is 0.509 e. The molecule has 6 aliphatic carbocycles. The van der Waals surface area contributed by atoms with Gasteiger partial charge in [-0.25, -0.2) is 4.79 Å². The number of hydrogen-bond acceptors (Lipinski definition) is 8. The van der Waals surface area contributed by atoms with Gasteiger partial charge in [-0.05, 0) is 136 Å². The maximum atomic E-state index is 15.9. The number of ether oxygens (including phenoxy) is 2. The van der Waals surface area contributed by atoms with Crippen LogP contribution in [0.1, 0.15) is 144 Å². The number of carbonyl (C=O) groups is 2. The highest BCUT2D eigenvalue weighted by molar-refractivity contribution is 6.00. The van der Waals surface area contributed by atoms with Crippen molar-refractivity contribution < 1.29 is 24.2 Å². The molecule has 16 rings (SSSR count). The lowest BCUT2D eigenvalue weighted by Gasteiger charge is -2.72. The summed E-state index contributed by atoms with van der Waals surface area (Å²) in [7, 11) is 0. The molecule has 1 unspecified atom stereocenters. The summed E-state index contributed by atoms with van der Waals surface area (Å²) in [5.74, 6) is 3.30. The van der Waals surface area contributed by atoms with Crippen LogP contribution in [0, 0.1) is 58.2 Å². The van der Waals surface area contributed by atoms with Crippen LogP contribution in [0.3, 0.4) is 0 Å². The van der Waals surface area contributed by atoms with Gasteiger partial charge in [-0.2, -0.15) is 0 Å². The molecule has 6 fully saturated rings. The Morgan fingerprint density at radius 3 is 2.69 bits per heavy atom. The van der Waals surface area contributed by atoms with Crippen molar-refractivity contribution in [1.82, 2.24) is 9.80 Å². The summed E-state index contributed by atoms with van der Waals surface area (Å²) in [6, 6.07) is 7.03. The minimum Gasteiger partial charge on any atom is -0.509 e. The van der Waals surface area contributed by atoms with Gasteiger partial charge in [0.05, 0.1) is 11.0 Å². The van der Waals surface area contributed by atoms with Crippen molar-refractivity contribution in [2.45, 2.75) is 147 Å². The molecule has 324 valence electrons. The zero-order chi connectivity index (χ0) is 41.2. The third kappa shape index (κ3) is 4.70. The van der Waals surface area contributed by atoms with Crippen LogP contribution in [0.25, 0.3) is 0 Å². The fourth-order valence-electron chi connectivity index (χ4n) is 17.8. The van der Waals surface area contributed by atoms with Gasteiger partial charge in [0.2, 0.25) is 0 Å². The number of hydrogen-bond donors (Lipinski definition) is 2. The topological polar surface area (TPSA) is 105 Å². The van der Waals surface area contributed by atoms with Gasteiger partial charge < -0.3 is 25.2 Å². The quantitative estimate of drug-likeness (QED) is 0.283. The smallest absolute Gasteiger partial charge is 0.339 e. The van der Waals surface area contributed by atoms with Crippen molar-refractivity contribution in [2.75, 3.05) is 26.2 Å². The Kier molecular flexibility index (Phi) is 8.34. The second-order valence-corrected chi connectivity index (χ2v) is 22.7. The van der Waals surface area contributed by atoms with E-state index in [9.17, 15) is 9.90 Å². The Morgan fingerprint density at radius 2 is 1.84 bits per heavy atom. The Bertz CT molecular complexity index is 2250. The fourth-order valence-corrected chi connectivity index (χ4v) is 17.8. The van der Waals surface area contributed by atoms with E-state index in [0.29, 0.717) is 78.7 Å². The average Bonchev–Trinajstić information content (AvgIpc) is 3.72. The summed E-state index contributed by atoms with van der Waals surface area (Å²) >= 11 is 0. The van der Waals surface area contributed by atoms with Gasteiger partial charge in [0.15, 0.2) is 11.4 Å². The predicted molar refractivity (Wildman–Crippen MR) is 233 cm³/mol. The molecule has 3 N–H and O–H groups in total. The lowest BCUT2D eigenvalue weighted by Crippen LogP contribution is -2.77. The first-order chi connectivity index (χ1) is 29.7. The summed E-state index contributed by atoms with van der Waals surface area (Å²) in [5, 5.41) is 13.2. The molecule has 13 atom stereocenters. The molecule has 1 aromatic carbocycles. The molecule has 3 saturated heterocycles. The summed E-state index contributed by atoms with van der Waals surface area (Å²) in [4.78, 5) is 36.5. The van der Waals surface area contributed by atoms with Crippen molar-refractivity contribution in [3.63, 3.8) is 0 Å². The molecule has 9 aliphatic heterocycles. The van der Waals surface area contributed by atoms with E-state index in [-0.39, 0.29) is 35.6 Å². The van der Waals surface area contributed by atoms with Crippen LogP contribution in [-0.4, -0.2) is 65.1 Å². The Hall–Kier alpha value is -3.36. The third-order valence-electron chi connectivity index (χ3n) is 19.9. The molecule has 9 heterocycles. The number of aliphatic hydroxyl groups excluding tert-OH is 1. The van der Waals surface area contributed by atoms with E-state index in [1.807, 2.05) is 0 Å². The molecule has 8 nitrogen and oxygen atoms in total. The number of nitrogens with two attached hydrogens (primary N) is 1. The molecular weight excluding hydrogens is 759 g/mol. The number of benzene rings is 1. The first-order valence-corrected chi connectivity index (χ1v) is 25.1. The van der Waals surface area contributed by atoms with Crippen LogP contribution in [0.5, 0.6) is 0 Å². The lowest BCUT2D eigenvalue weighted by atomic mass is 9.28. The highest BCUT2D eigenvalue weighted by Crippen LogP contribution is 2.88. The van der Waals surface area contributed by atoms with Crippen LogP contribution in [0.2, 0.25) is 0 Å². The first kappa shape index (κ1) is 38.1. The second-order valence-electron chi connectivity index (χ2n) is 22.7. The number of esters is 2. The number of nitrogens with zero attached hydrogens (tertiary/aromatic N) is 2. The van der Waals surface area contributed by atoms with Gasteiger partial charge >= 0.3 is 11.9 Å². The molecule has 0 aromatic heterocycles. The number of piperidine rings is 2. The zero-order valence-electron chi connectivity index (χ0n) is 36.7. The number of carbonyl (C=O) groups excluding carboxylic acids is 2. The van der Waals surface area contributed by atoms with Gasteiger partial charge in [0, 0.05) is 61.2 Å². The number of aryl methyl sites for hydroxylation is 1. The van der Waals surface area contributed by atoms with Crippen LogP contribution < -0.4 is 5.73 Å². The second kappa shape index (κ2) is 13.3. The van der Waals surface area contributed by atoms with Gasteiger partial charge in [-0.15, -0.1) is 0 Å². The van der Waals surface area contributed by atoms with E-state index in [0.717, 1.165) is 69.3 Å². The fraction of sp³-hybridized carbons (Fsp3) is 0.698. The number of fused-ring (bicyclic) bond motifs is 3. The van der Waals surface area contributed by atoms with Gasteiger partial charge in [-0.3, -0.25) is 9.69 Å². The van der Waals surface area contributed by atoms with E-state index in [4.69, 9.17) is 15.2 Å². The summed E-state index contributed by atoms with van der Waals surface area (Å²) < 4.78 is 14.1. The third-order valence-corrected chi connectivity index (χ3v) is 19.9. The lowest BCUT2D eigenvalue weighted by molar-refractivity contribution is -0.279. The summed E-state index contributed by atoms with van der Waals surface area (Å²) in [6.45, 7) is 8.68. The highest BCUT2D eigenvalue weighted by Gasteiger charge is 2.93. The van der Waals surface area contributed by atoms with Crippen molar-refractivity contribution in [3.05, 3.63) is 80.5 Å². The maximum absolute atomic E-state index is 15.9. The first-order valence-electron chi connectivity index (χ1n) is 25.1. The normalized spacial score (nSPS) is 45.3. The molecule has 15 aliphatic rings. The molecular formula is C53H67N3O5. The Labute approximate surface area is 362 Å². The molecule has 1 aromatic rings. The molecule has 3 saturated carbocycles. The summed E-state index contributed by atoms with van der Waals surface area (Å²) in [6.07, 6.45) is 21.3. The Morgan fingerprint density at radius 1 is 0.967 bits per heavy atom. The molecule has 8 heteroatoms. The van der Waals surface area contributed by atoms with Gasteiger partial charge in [-0.1, -0.05) is 81.4 Å². The van der Waals surface area contributed by atoms with Crippen LogP contribution in [0.4, 0.5) is 0 Å². The molecule has 12 bridgehead atoms. The predicted octanol–water partition coefficient (Wildman–Crippen LogP) is 9.41. The van der Waals surface area contributed by atoms with E-state index in [2.05, 4.69) is 47.9 Å². The Balaban J connectivity index is 1.09. The van der Waals surface area contributed by atoms with Crippen molar-refractivity contribution in [1.29, 1.82) is 0 Å². The minimum absolute atomic E-state index is 0.168. The summed E-state index contributed by atoms with van der Waals surface area (Å²) in [5.41, 5.74) is 12.9. The van der Waals surface area contributed by atoms with Crippen LogP contribution in [-0.2, 0) is 26.3 Å². The van der Waals surface area contributed by atoms with Gasteiger partial charge in [0.1, 0.15) is 11.2 Å². The molecule has 3 spiro atoms. The van der Waals surface area contributed by atoms with E-state index in [1.165, 1.54) is 74.5 Å². The number of allylic oxidation sites excluding steroid dienone is 4. The standard InChI is InChI=1S/C53H67N3O5/c1-29-13-14-34-24-39-30(2)21-35-15-16-41-36-22-32-26-55(28-36)37(23-31-8-4-3-5-9-31)25-42(57)48-51-18-17-38(45(39)47(35)56(41)27-32)46(34)52(51,50(59)60-48)43(20-29)53(51)40-12-6-10-33(11-7-19-54)44(40)49(58)61-53/h6,10,12,24,29-32,36-37,39,41,43,45,57H,3-5,7-9,11,13-23,25-28,54H2,1-2H3/b48-42+/t29-,30-,32+,36-,37-,39+,41-,43-,45+,51+,52+,53+/m0/s1. The monoisotopic (exact) mass is 826 g/mol. The zero-order valence-corrected chi connectivity index (χ0v) is 36.7.